The van der Waals surface area contributed by atoms with Crippen LogP contribution in [-0.2, 0) is 0 Å². The molecule has 0 atom stereocenters. The van der Waals surface area contributed by atoms with Gasteiger partial charge in [-0.05, 0) is 29.4 Å². The lowest BCUT2D eigenvalue weighted by Crippen LogP contribution is -2.19. The van der Waals surface area contributed by atoms with E-state index in [1.165, 1.54) is 18.0 Å². The standard InChI is InChI=1S/C14H14N8O4/c1-7-10(17-21-22(7)13-12(15)19-26-20-13)14(24)18-16-6-8-4-3-5-9(25-2)11(8)23/h3-6,23H,1-2H3,(H2,15,19)(H,18,24)/b16-6+. The Morgan fingerprint density at radius 1 is 1.46 bits per heavy atom. The first kappa shape index (κ1) is 16.9. The number of methoxy groups -OCH3 is 1. The number of carbonyl (C=O) groups is 1. The number of benzene rings is 1. The Morgan fingerprint density at radius 2 is 2.27 bits per heavy atom. The molecule has 0 saturated carbocycles. The summed E-state index contributed by atoms with van der Waals surface area (Å²) in [5.74, 6) is -0.278. The molecule has 0 aliphatic heterocycles. The number of hydrogen-bond acceptors (Lipinski definition) is 10. The summed E-state index contributed by atoms with van der Waals surface area (Å²) in [5.41, 5.74) is 8.64. The molecule has 0 radical (unpaired) electrons. The summed E-state index contributed by atoms with van der Waals surface area (Å²) in [5, 5.41) is 28.4. The van der Waals surface area contributed by atoms with Gasteiger partial charge < -0.3 is 15.6 Å². The van der Waals surface area contributed by atoms with Gasteiger partial charge in [-0.25, -0.2) is 10.1 Å². The van der Waals surface area contributed by atoms with Gasteiger partial charge in [0, 0.05) is 5.56 Å². The highest BCUT2D eigenvalue weighted by Crippen LogP contribution is 2.27. The van der Waals surface area contributed by atoms with Gasteiger partial charge in [-0.1, -0.05) is 11.3 Å². The molecule has 2 aromatic heterocycles. The zero-order valence-corrected chi connectivity index (χ0v) is 13.7. The molecule has 134 valence electrons. The van der Waals surface area contributed by atoms with E-state index in [1.807, 2.05) is 0 Å². The Labute approximate surface area is 146 Å². The second kappa shape index (κ2) is 6.88. The molecule has 0 saturated heterocycles. The van der Waals surface area contributed by atoms with E-state index in [4.69, 9.17) is 10.5 Å². The highest BCUT2D eigenvalue weighted by molar-refractivity contribution is 5.94. The summed E-state index contributed by atoms with van der Waals surface area (Å²) >= 11 is 0. The molecule has 0 aliphatic carbocycles. The number of aromatic nitrogens is 5. The molecular formula is C14H14N8O4. The Bertz CT molecular complexity index is 977. The van der Waals surface area contributed by atoms with Gasteiger partial charge in [-0.2, -0.15) is 9.78 Å². The van der Waals surface area contributed by atoms with Gasteiger partial charge in [-0.3, -0.25) is 4.79 Å². The van der Waals surface area contributed by atoms with Crippen LogP contribution >= 0.6 is 0 Å². The van der Waals surface area contributed by atoms with Gasteiger partial charge in [-0.15, -0.1) is 5.10 Å². The summed E-state index contributed by atoms with van der Waals surface area (Å²) in [6.07, 6.45) is 1.27. The number of anilines is 1. The molecule has 12 nitrogen and oxygen atoms in total. The van der Waals surface area contributed by atoms with Crippen molar-refractivity contribution in [3.8, 4) is 17.3 Å². The van der Waals surface area contributed by atoms with Crippen molar-refractivity contribution in [2.24, 2.45) is 5.10 Å². The molecule has 0 unspecified atom stereocenters. The van der Waals surface area contributed by atoms with Crippen LogP contribution in [0.3, 0.4) is 0 Å². The van der Waals surface area contributed by atoms with Crippen molar-refractivity contribution in [2.75, 3.05) is 12.8 Å². The summed E-state index contributed by atoms with van der Waals surface area (Å²) in [7, 11) is 1.43. The van der Waals surface area contributed by atoms with Gasteiger partial charge >= 0.3 is 0 Å². The number of hydrazone groups is 1. The molecule has 0 bridgehead atoms. The predicted octanol–water partition coefficient (Wildman–Crippen LogP) is 0.0190. The topological polar surface area (TPSA) is 167 Å². The monoisotopic (exact) mass is 358 g/mol. The van der Waals surface area contributed by atoms with Crippen LogP contribution in [0.15, 0.2) is 27.9 Å². The molecule has 26 heavy (non-hydrogen) atoms. The smallest absolute Gasteiger partial charge is 0.293 e. The van der Waals surface area contributed by atoms with Crippen molar-refractivity contribution in [2.45, 2.75) is 6.92 Å². The number of nitrogen functional groups attached to an aromatic ring is 1. The minimum absolute atomic E-state index is 0.0106. The number of ether oxygens (including phenoxy) is 1. The molecule has 4 N–H and O–H groups in total. The lowest BCUT2D eigenvalue weighted by Gasteiger charge is -2.04. The second-order valence-electron chi connectivity index (χ2n) is 5.01. The van der Waals surface area contributed by atoms with Crippen LogP contribution in [0.2, 0.25) is 0 Å². The first-order chi connectivity index (χ1) is 12.5. The third-order valence-corrected chi connectivity index (χ3v) is 3.43. The SMILES string of the molecule is COc1cccc(/C=N/NC(=O)c2nnn(-c3nonc3N)c2C)c1O. The molecule has 2 heterocycles. The van der Waals surface area contributed by atoms with Crippen molar-refractivity contribution in [3.05, 3.63) is 35.2 Å². The van der Waals surface area contributed by atoms with E-state index in [0.29, 0.717) is 11.3 Å². The zero-order chi connectivity index (χ0) is 18.7. The molecular weight excluding hydrogens is 344 g/mol. The lowest BCUT2D eigenvalue weighted by molar-refractivity contribution is 0.0949. The van der Waals surface area contributed by atoms with Crippen LogP contribution in [0.1, 0.15) is 21.7 Å². The van der Waals surface area contributed by atoms with Crippen LogP contribution in [0.4, 0.5) is 5.82 Å². The maximum absolute atomic E-state index is 12.2. The summed E-state index contributed by atoms with van der Waals surface area (Å²) < 4.78 is 10.7. The number of phenolic OH excluding ortho intramolecular Hbond substituents is 1. The van der Waals surface area contributed by atoms with Crippen molar-refractivity contribution >= 4 is 17.9 Å². The highest BCUT2D eigenvalue weighted by Gasteiger charge is 2.20. The molecule has 12 heteroatoms. The molecule has 3 aromatic rings. The number of phenols is 1. The zero-order valence-electron chi connectivity index (χ0n) is 13.7. The summed E-state index contributed by atoms with van der Waals surface area (Å²) in [6.45, 7) is 1.60. The molecule has 0 spiro atoms. The normalized spacial score (nSPS) is 11.0. The van der Waals surface area contributed by atoms with E-state index in [2.05, 4.69) is 35.8 Å². The van der Waals surface area contributed by atoms with Crippen molar-refractivity contribution in [1.82, 2.24) is 30.7 Å². The number of amides is 1. The van der Waals surface area contributed by atoms with Gasteiger partial charge in [0.2, 0.25) is 11.6 Å². The minimum atomic E-state index is -0.609. The molecule has 1 aromatic carbocycles. The Hall–Kier alpha value is -3.96. The Balaban J connectivity index is 1.76. The second-order valence-corrected chi connectivity index (χ2v) is 5.01. The fraction of sp³-hybridized carbons (Fsp3) is 0.143. The van der Waals surface area contributed by atoms with E-state index < -0.39 is 5.91 Å². The fourth-order valence-corrected chi connectivity index (χ4v) is 2.10. The average molecular weight is 358 g/mol. The molecule has 3 rings (SSSR count). The van der Waals surface area contributed by atoms with E-state index in [0.717, 1.165) is 0 Å². The van der Waals surface area contributed by atoms with Gasteiger partial charge in [0.1, 0.15) is 0 Å². The number of rotatable bonds is 5. The lowest BCUT2D eigenvalue weighted by atomic mass is 10.2. The predicted molar refractivity (Wildman–Crippen MR) is 88.1 cm³/mol. The van der Waals surface area contributed by atoms with E-state index in [9.17, 15) is 9.90 Å². The van der Waals surface area contributed by atoms with Crippen molar-refractivity contribution < 1.29 is 19.3 Å². The third kappa shape index (κ3) is 3.02. The van der Waals surface area contributed by atoms with E-state index >= 15 is 0 Å². The highest BCUT2D eigenvalue weighted by atomic mass is 16.6. The largest absolute Gasteiger partial charge is 0.504 e. The Morgan fingerprint density at radius 3 is 2.96 bits per heavy atom. The van der Waals surface area contributed by atoms with Gasteiger partial charge in [0.25, 0.3) is 5.91 Å². The van der Waals surface area contributed by atoms with Crippen LogP contribution in [0.25, 0.3) is 5.82 Å². The minimum Gasteiger partial charge on any atom is -0.504 e. The maximum atomic E-state index is 12.2. The quantitative estimate of drug-likeness (QED) is 0.420. The van der Waals surface area contributed by atoms with Crippen LogP contribution in [-0.4, -0.2) is 49.6 Å². The third-order valence-electron chi connectivity index (χ3n) is 3.43. The van der Waals surface area contributed by atoms with Gasteiger partial charge in [0.05, 0.1) is 19.0 Å². The maximum Gasteiger partial charge on any atom is 0.293 e. The molecule has 1 amide bonds. The van der Waals surface area contributed by atoms with Crippen LogP contribution in [0.5, 0.6) is 11.5 Å². The number of nitrogens with one attached hydrogen (secondary N) is 1. The summed E-state index contributed by atoms with van der Waals surface area (Å²) in [4.78, 5) is 12.2. The fourth-order valence-electron chi connectivity index (χ4n) is 2.10. The number of nitrogens with zero attached hydrogens (tertiary/aromatic N) is 6. The van der Waals surface area contributed by atoms with Gasteiger partial charge in [0.15, 0.2) is 17.2 Å². The van der Waals surface area contributed by atoms with Crippen LogP contribution in [0, 0.1) is 6.92 Å². The first-order valence-corrected chi connectivity index (χ1v) is 7.23. The van der Waals surface area contributed by atoms with Crippen LogP contribution < -0.4 is 15.9 Å². The van der Waals surface area contributed by atoms with E-state index in [1.54, 1.807) is 25.1 Å². The molecule has 0 fully saturated rings. The Kier molecular flexibility index (Phi) is 4.47. The molecule has 0 aliphatic rings. The number of nitrogens with two attached hydrogens (primary N) is 1. The first-order valence-electron chi connectivity index (χ1n) is 7.23. The number of carbonyl (C=O) groups excluding carboxylic acids is 1. The van der Waals surface area contributed by atoms with E-state index in [-0.39, 0.29) is 28.8 Å². The van der Waals surface area contributed by atoms with Crippen molar-refractivity contribution in [1.29, 1.82) is 0 Å². The van der Waals surface area contributed by atoms with Crippen molar-refractivity contribution in [3.63, 3.8) is 0 Å². The number of para-hydroxylation sites is 1. The number of aromatic hydroxyl groups is 1. The average Bonchev–Trinajstić information content (AvgIpc) is 3.21. The summed E-state index contributed by atoms with van der Waals surface area (Å²) in [6, 6.07) is 4.88. The number of hydrogen-bond donors (Lipinski definition) is 3.